The van der Waals surface area contributed by atoms with Gasteiger partial charge in [-0.2, -0.15) is 0 Å². The summed E-state index contributed by atoms with van der Waals surface area (Å²) in [5, 5.41) is 18.1. The van der Waals surface area contributed by atoms with E-state index in [1.807, 2.05) is 23.1 Å². The predicted molar refractivity (Wildman–Crippen MR) is 75.1 cm³/mol. The number of benzene rings is 1. The third-order valence-corrected chi connectivity index (χ3v) is 2.95. The zero-order chi connectivity index (χ0) is 14.1. The van der Waals surface area contributed by atoms with Gasteiger partial charge in [-0.25, -0.2) is 0 Å². The molecular weight excluding hydrogens is 242 g/mol. The first-order chi connectivity index (χ1) is 9.08. The van der Waals surface area contributed by atoms with Crippen LogP contribution in [0.5, 0.6) is 0 Å². The van der Waals surface area contributed by atoms with E-state index in [2.05, 4.69) is 12.1 Å². The molecule has 0 aromatic heterocycles. The standard InChI is InChI=1S/C15H23NO3/c1-13(17)12-16(11-9-15(18)19)10-5-8-14-6-3-2-4-7-14/h2-4,6-7,13,17H,5,8-12H2,1H3,(H,18,19). The molecule has 1 unspecified atom stereocenters. The molecule has 0 radical (unpaired) electrons. The Morgan fingerprint density at radius 3 is 2.53 bits per heavy atom. The van der Waals surface area contributed by atoms with Gasteiger partial charge in [-0.15, -0.1) is 0 Å². The molecule has 0 heterocycles. The van der Waals surface area contributed by atoms with Crippen LogP contribution in [0.1, 0.15) is 25.3 Å². The van der Waals surface area contributed by atoms with Crippen LogP contribution in [-0.2, 0) is 11.2 Å². The maximum atomic E-state index is 10.6. The molecule has 0 saturated carbocycles. The van der Waals surface area contributed by atoms with E-state index in [1.165, 1.54) is 5.56 Å². The molecule has 1 atom stereocenters. The van der Waals surface area contributed by atoms with Crippen LogP contribution < -0.4 is 0 Å². The van der Waals surface area contributed by atoms with Crippen molar-refractivity contribution >= 4 is 5.97 Å². The fraction of sp³-hybridized carbons (Fsp3) is 0.533. The quantitative estimate of drug-likeness (QED) is 0.714. The monoisotopic (exact) mass is 265 g/mol. The van der Waals surface area contributed by atoms with E-state index < -0.39 is 12.1 Å². The normalized spacial score (nSPS) is 12.6. The second-order valence-corrected chi connectivity index (χ2v) is 4.88. The number of carbonyl (C=O) groups is 1. The summed E-state index contributed by atoms with van der Waals surface area (Å²) < 4.78 is 0. The first-order valence-corrected chi connectivity index (χ1v) is 6.74. The molecule has 106 valence electrons. The lowest BCUT2D eigenvalue weighted by atomic mass is 10.1. The summed E-state index contributed by atoms with van der Waals surface area (Å²) in [6.45, 7) is 3.56. The van der Waals surface area contributed by atoms with Crippen molar-refractivity contribution in [2.75, 3.05) is 19.6 Å². The zero-order valence-corrected chi connectivity index (χ0v) is 11.5. The minimum Gasteiger partial charge on any atom is -0.481 e. The van der Waals surface area contributed by atoms with Crippen LogP contribution in [0.4, 0.5) is 0 Å². The van der Waals surface area contributed by atoms with Gasteiger partial charge >= 0.3 is 5.97 Å². The van der Waals surface area contributed by atoms with Gasteiger partial charge in [0.15, 0.2) is 0 Å². The van der Waals surface area contributed by atoms with Crippen LogP contribution in [0.25, 0.3) is 0 Å². The maximum absolute atomic E-state index is 10.6. The predicted octanol–water partition coefficient (Wildman–Crippen LogP) is 1.78. The molecule has 1 aromatic carbocycles. The molecule has 0 amide bonds. The first kappa shape index (κ1) is 15.7. The third kappa shape index (κ3) is 7.59. The Balaban J connectivity index is 2.33. The number of hydrogen-bond donors (Lipinski definition) is 2. The number of aliphatic carboxylic acids is 1. The molecule has 4 nitrogen and oxygen atoms in total. The number of aliphatic hydroxyl groups excluding tert-OH is 1. The molecule has 0 fully saturated rings. The number of rotatable bonds is 9. The van der Waals surface area contributed by atoms with Gasteiger partial charge in [0.05, 0.1) is 12.5 Å². The molecule has 4 heteroatoms. The Morgan fingerprint density at radius 2 is 1.95 bits per heavy atom. The van der Waals surface area contributed by atoms with Crippen LogP contribution in [-0.4, -0.2) is 46.8 Å². The molecule has 0 aliphatic carbocycles. The van der Waals surface area contributed by atoms with Gasteiger partial charge < -0.3 is 15.1 Å². The Hall–Kier alpha value is -1.39. The largest absolute Gasteiger partial charge is 0.481 e. The van der Waals surface area contributed by atoms with E-state index in [0.29, 0.717) is 13.1 Å². The molecule has 0 saturated heterocycles. The van der Waals surface area contributed by atoms with Crippen LogP contribution >= 0.6 is 0 Å². The summed E-state index contributed by atoms with van der Waals surface area (Å²) in [5.74, 6) is -0.793. The Bertz CT molecular complexity index is 365. The molecule has 0 bridgehead atoms. The number of carboxylic acid groups (broad SMARTS) is 1. The molecular formula is C15H23NO3. The highest BCUT2D eigenvalue weighted by atomic mass is 16.4. The molecule has 0 spiro atoms. The van der Waals surface area contributed by atoms with E-state index in [4.69, 9.17) is 5.11 Å². The van der Waals surface area contributed by atoms with Gasteiger partial charge in [-0.1, -0.05) is 30.3 Å². The number of aryl methyl sites for hydroxylation is 1. The van der Waals surface area contributed by atoms with Crippen molar-refractivity contribution in [3.05, 3.63) is 35.9 Å². The molecule has 1 rings (SSSR count). The van der Waals surface area contributed by atoms with Crippen LogP contribution in [0.15, 0.2) is 30.3 Å². The van der Waals surface area contributed by atoms with Crippen molar-refractivity contribution in [3.63, 3.8) is 0 Å². The number of carboxylic acids is 1. The molecule has 2 N–H and O–H groups in total. The third-order valence-electron chi connectivity index (χ3n) is 2.95. The Morgan fingerprint density at radius 1 is 1.26 bits per heavy atom. The summed E-state index contributed by atoms with van der Waals surface area (Å²) in [4.78, 5) is 12.6. The Kier molecular flexibility index (Phi) is 7.15. The minimum atomic E-state index is -0.793. The number of nitrogens with zero attached hydrogens (tertiary/aromatic N) is 1. The highest BCUT2D eigenvalue weighted by Gasteiger charge is 2.10. The second-order valence-electron chi connectivity index (χ2n) is 4.88. The summed E-state index contributed by atoms with van der Waals surface area (Å²) in [6.07, 6.45) is 1.64. The topological polar surface area (TPSA) is 60.8 Å². The fourth-order valence-electron chi connectivity index (χ4n) is 2.07. The molecule has 0 aliphatic rings. The van der Waals surface area contributed by atoms with Crippen LogP contribution in [0.2, 0.25) is 0 Å². The Labute approximate surface area is 114 Å². The highest BCUT2D eigenvalue weighted by Crippen LogP contribution is 2.04. The summed E-state index contributed by atoms with van der Waals surface area (Å²) in [6, 6.07) is 10.2. The van der Waals surface area contributed by atoms with Crippen molar-refractivity contribution in [3.8, 4) is 0 Å². The average Bonchev–Trinajstić information content (AvgIpc) is 2.36. The average molecular weight is 265 g/mol. The number of aliphatic hydroxyl groups is 1. The van der Waals surface area contributed by atoms with Gasteiger partial charge in [0.2, 0.25) is 0 Å². The van der Waals surface area contributed by atoms with Crippen molar-refractivity contribution in [2.24, 2.45) is 0 Å². The van der Waals surface area contributed by atoms with E-state index >= 15 is 0 Å². The van der Waals surface area contributed by atoms with Crippen molar-refractivity contribution in [1.82, 2.24) is 4.90 Å². The van der Waals surface area contributed by atoms with Gasteiger partial charge in [-0.05, 0) is 31.9 Å². The van der Waals surface area contributed by atoms with Gasteiger partial charge in [-0.3, -0.25) is 4.79 Å². The first-order valence-electron chi connectivity index (χ1n) is 6.74. The van der Waals surface area contributed by atoms with E-state index in [1.54, 1.807) is 6.92 Å². The number of hydrogen-bond acceptors (Lipinski definition) is 3. The van der Waals surface area contributed by atoms with Gasteiger partial charge in [0, 0.05) is 13.1 Å². The smallest absolute Gasteiger partial charge is 0.304 e. The van der Waals surface area contributed by atoms with Gasteiger partial charge in [0.25, 0.3) is 0 Å². The van der Waals surface area contributed by atoms with Crippen molar-refractivity contribution in [2.45, 2.75) is 32.3 Å². The summed E-state index contributed by atoms with van der Waals surface area (Å²) >= 11 is 0. The van der Waals surface area contributed by atoms with Gasteiger partial charge in [0.1, 0.15) is 0 Å². The highest BCUT2D eigenvalue weighted by molar-refractivity contribution is 5.66. The van der Waals surface area contributed by atoms with Crippen LogP contribution in [0, 0.1) is 0 Å². The van der Waals surface area contributed by atoms with Crippen molar-refractivity contribution in [1.29, 1.82) is 0 Å². The minimum absolute atomic E-state index is 0.123. The maximum Gasteiger partial charge on any atom is 0.304 e. The lowest BCUT2D eigenvalue weighted by molar-refractivity contribution is -0.137. The van der Waals surface area contributed by atoms with Crippen LogP contribution in [0.3, 0.4) is 0 Å². The van der Waals surface area contributed by atoms with E-state index in [0.717, 1.165) is 19.4 Å². The zero-order valence-electron chi connectivity index (χ0n) is 11.5. The lowest BCUT2D eigenvalue weighted by Gasteiger charge is -2.22. The molecule has 19 heavy (non-hydrogen) atoms. The van der Waals surface area contributed by atoms with Crippen molar-refractivity contribution < 1.29 is 15.0 Å². The molecule has 0 aliphatic heterocycles. The summed E-state index contributed by atoms with van der Waals surface area (Å²) in [7, 11) is 0. The second kappa shape index (κ2) is 8.67. The molecule has 1 aromatic rings. The fourth-order valence-corrected chi connectivity index (χ4v) is 2.07. The van der Waals surface area contributed by atoms with E-state index in [-0.39, 0.29) is 6.42 Å². The lowest BCUT2D eigenvalue weighted by Crippen LogP contribution is -2.34. The summed E-state index contributed by atoms with van der Waals surface area (Å²) in [5.41, 5.74) is 1.29. The SMILES string of the molecule is CC(O)CN(CCCc1ccccc1)CCC(=O)O. The van der Waals surface area contributed by atoms with E-state index in [9.17, 15) is 9.90 Å².